The van der Waals surface area contributed by atoms with Crippen LogP contribution < -0.4 is 14.7 Å². The third-order valence-corrected chi connectivity index (χ3v) is 24.9. The molecule has 16 aromatic carbocycles. The molecule has 0 aliphatic heterocycles. The number of hydrogen-bond acceptors (Lipinski definition) is 6. The van der Waals surface area contributed by atoms with Crippen molar-refractivity contribution in [3.05, 3.63) is 358 Å². The number of halogens is 3. The first-order valence-electron chi connectivity index (χ1n) is 35.1. The van der Waals surface area contributed by atoms with Crippen LogP contribution in [0, 0.1) is 0 Å². The third-order valence-electron chi connectivity index (χ3n) is 21.1. The van der Waals surface area contributed by atoms with Gasteiger partial charge in [0.2, 0.25) is 0 Å². The Morgan fingerprint density at radius 2 is 0.848 bits per heavy atom. The number of benzene rings is 16. The van der Waals surface area contributed by atoms with Gasteiger partial charge in [-0.25, -0.2) is 0 Å². The van der Waals surface area contributed by atoms with E-state index in [1.165, 1.54) is 68.0 Å². The number of para-hydroxylation sites is 1. The normalized spacial score (nSPS) is 12.1. The van der Waals surface area contributed by atoms with Crippen LogP contribution in [0.4, 0.5) is 51.2 Å². The van der Waals surface area contributed by atoms with E-state index in [0.29, 0.717) is 0 Å². The lowest BCUT2D eigenvalue weighted by Gasteiger charge is -2.28. The first-order chi connectivity index (χ1) is 51.7. The minimum atomic E-state index is 0.840. The van der Waals surface area contributed by atoms with Crippen molar-refractivity contribution in [1.82, 2.24) is 4.57 Å². The van der Waals surface area contributed by atoms with Crippen LogP contribution in [0.25, 0.3) is 134 Å². The van der Waals surface area contributed by atoms with Crippen molar-refractivity contribution in [3.8, 4) is 39.1 Å². The zero-order valence-electron chi connectivity index (χ0n) is 56.1. The highest BCUT2D eigenvalue weighted by atomic mass is 79.9. The fraction of sp³-hybridized carbons (Fsp3) is 0.0105. The van der Waals surface area contributed by atoms with Crippen LogP contribution >= 0.6 is 70.5 Å². The molecule has 0 N–H and O–H groups in total. The van der Waals surface area contributed by atoms with Gasteiger partial charge in [-0.05, 0) is 249 Å². The molecule has 0 fully saturated rings. The fourth-order valence-corrected chi connectivity index (χ4v) is 19.8. The topological polar surface area (TPSA) is 27.8 Å². The first-order valence-corrected chi connectivity index (χ1v) is 39.1. The predicted molar refractivity (Wildman–Crippen MR) is 458 cm³/mol. The average molecular weight is 1570 g/mol. The summed E-state index contributed by atoms with van der Waals surface area (Å²) in [6.45, 7) is 0. The van der Waals surface area contributed by atoms with E-state index in [2.05, 4.69) is 401 Å². The average Bonchev–Trinajstić information content (AvgIpc) is 1.74. The molecule has 0 saturated heterocycles. The molecule has 1 aliphatic carbocycles. The molecule has 0 amide bonds. The molecule has 0 radical (unpaired) electrons. The minimum Gasteiger partial charge on any atom is -0.456 e. The number of thiophene rings is 2. The molecular weight excluding hydrogens is 1520 g/mol. The molecule has 4 heterocycles. The second-order valence-electron chi connectivity index (χ2n) is 27.2. The summed E-state index contributed by atoms with van der Waals surface area (Å²) in [6, 6.07) is 121. The minimum absolute atomic E-state index is 0.840. The highest BCUT2D eigenvalue weighted by Gasteiger charge is 2.26. The monoisotopic (exact) mass is 1570 g/mol. The summed E-state index contributed by atoms with van der Waals surface area (Å²) in [5, 5.41) is 13.0. The Morgan fingerprint density at radius 3 is 1.71 bits per heavy atom. The van der Waals surface area contributed by atoms with Gasteiger partial charge in [-0.2, -0.15) is 0 Å². The number of furan rings is 1. The maximum Gasteiger partial charge on any atom is 0.137 e. The summed E-state index contributed by atoms with van der Waals surface area (Å²) >= 11 is 14.8. The van der Waals surface area contributed by atoms with Crippen LogP contribution in [0.5, 0.6) is 0 Å². The number of anilines is 9. The van der Waals surface area contributed by atoms with Gasteiger partial charge in [-0.3, -0.25) is 0 Å². The summed E-state index contributed by atoms with van der Waals surface area (Å²) in [5.41, 5.74) is 23.5. The molecule has 10 heteroatoms. The molecule has 496 valence electrons. The van der Waals surface area contributed by atoms with E-state index in [0.717, 1.165) is 148 Å². The molecule has 1 aliphatic rings. The Morgan fingerprint density at radius 1 is 0.286 bits per heavy atom. The second-order valence-corrected chi connectivity index (χ2v) is 32.1. The summed E-state index contributed by atoms with van der Waals surface area (Å²) in [5.74, 6) is 0. The molecule has 20 aromatic rings. The smallest absolute Gasteiger partial charge is 0.137 e. The van der Waals surface area contributed by atoms with Crippen LogP contribution in [-0.4, -0.2) is 4.57 Å². The summed E-state index contributed by atoms with van der Waals surface area (Å²) in [4.78, 5) is 7.24. The second kappa shape index (κ2) is 24.9. The van der Waals surface area contributed by atoms with Gasteiger partial charge in [0.1, 0.15) is 11.2 Å². The van der Waals surface area contributed by atoms with E-state index in [1.54, 1.807) is 0 Å². The molecule has 0 bridgehead atoms. The van der Waals surface area contributed by atoms with E-state index in [9.17, 15) is 0 Å². The standard InChI is InChI=1S/C95H57Br3N4OS2/c96-63-24-33-78-62(46-63)45-60-23-27-71(53-86(60)78)100(66-14-2-1-3-15-66)70-31-40-88-61(50-70)43-44-99(88)67-16-8-11-57(47-67)77-39-41-89(80-19-5-4-18-79(77)80)102(74-30-38-85-84-35-26-65(98)52-94(84)105-95(85)56-74)68-17-9-12-58(48-68)75-21-10-13-59-49-69(28-36-76(59)75)101(72-32-42-93-87(54-72)83-20-6-7-22-92(83)104-93)73-29-37-82-81-34-25-64(97)51-90(81)103-91(82)55-73/h1-44,46-56H,45H2. The Bertz CT molecular complexity index is 6990. The SMILES string of the molecule is Brc1ccc2c(c1)Cc1ccc(N(c3ccccc3)c3ccc4c(ccn4-c4cccc(-c5ccc(N(c6cccc(-c7cccc8cc(N(c9ccc%10c(c9)oc9cc(Br)ccc9%10)c9ccc%10sc%11ccccc%11c%10c9)ccc78)c6)c6ccc7c(c6)sc6cc(Br)ccc67)c6ccccc56)c4)c3)cc1-2. The van der Waals surface area contributed by atoms with E-state index >= 15 is 0 Å². The predicted octanol–water partition coefficient (Wildman–Crippen LogP) is 30.2. The van der Waals surface area contributed by atoms with Crippen molar-refractivity contribution in [3.63, 3.8) is 0 Å². The van der Waals surface area contributed by atoms with E-state index < -0.39 is 0 Å². The zero-order valence-corrected chi connectivity index (χ0v) is 62.5. The lowest BCUT2D eigenvalue weighted by molar-refractivity contribution is 0.668. The van der Waals surface area contributed by atoms with Crippen LogP contribution in [-0.2, 0) is 6.42 Å². The molecule has 0 unspecified atom stereocenters. The molecule has 0 atom stereocenters. The highest BCUT2D eigenvalue weighted by Crippen LogP contribution is 2.50. The summed E-state index contributed by atoms with van der Waals surface area (Å²) in [7, 11) is 0. The molecular formula is C95H57Br3N4OS2. The van der Waals surface area contributed by atoms with Crippen LogP contribution in [0.3, 0.4) is 0 Å². The largest absolute Gasteiger partial charge is 0.456 e. The molecule has 105 heavy (non-hydrogen) atoms. The lowest BCUT2D eigenvalue weighted by Crippen LogP contribution is -2.11. The molecule has 0 spiro atoms. The Kier molecular flexibility index (Phi) is 14.8. The molecule has 0 saturated carbocycles. The number of aromatic nitrogens is 1. The van der Waals surface area contributed by atoms with Gasteiger partial charge >= 0.3 is 0 Å². The zero-order chi connectivity index (χ0) is 69.5. The van der Waals surface area contributed by atoms with Crippen molar-refractivity contribution < 1.29 is 4.42 Å². The van der Waals surface area contributed by atoms with Crippen LogP contribution in [0.15, 0.2) is 352 Å². The maximum atomic E-state index is 6.61. The van der Waals surface area contributed by atoms with Gasteiger partial charge in [-0.15, -0.1) is 22.7 Å². The number of nitrogens with zero attached hydrogens (tertiary/aromatic N) is 4. The Labute approximate surface area is 638 Å². The van der Waals surface area contributed by atoms with Gasteiger partial charge in [-0.1, -0.05) is 187 Å². The van der Waals surface area contributed by atoms with Crippen molar-refractivity contribution in [2.45, 2.75) is 6.42 Å². The molecule has 21 rings (SSSR count). The van der Waals surface area contributed by atoms with Crippen molar-refractivity contribution in [2.24, 2.45) is 0 Å². The summed E-state index contributed by atoms with van der Waals surface area (Å²) < 4.78 is 17.1. The molecule has 4 aromatic heterocycles. The van der Waals surface area contributed by atoms with Crippen LogP contribution in [0.2, 0.25) is 0 Å². The lowest BCUT2D eigenvalue weighted by atomic mass is 9.95. The summed E-state index contributed by atoms with van der Waals surface area (Å²) in [6.07, 6.45) is 3.15. The number of hydrogen-bond donors (Lipinski definition) is 0. The van der Waals surface area contributed by atoms with E-state index in [-0.39, 0.29) is 0 Å². The maximum absolute atomic E-state index is 6.61. The molecule has 5 nitrogen and oxygen atoms in total. The van der Waals surface area contributed by atoms with Gasteiger partial charge in [0.25, 0.3) is 0 Å². The van der Waals surface area contributed by atoms with Gasteiger partial charge in [0.15, 0.2) is 0 Å². The van der Waals surface area contributed by atoms with Gasteiger partial charge in [0, 0.05) is 139 Å². The number of rotatable bonds is 12. The Hall–Kier alpha value is -11.3. The van der Waals surface area contributed by atoms with Crippen LogP contribution in [0.1, 0.15) is 11.1 Å². The quantitative estimate of drug-likeness (QED) is 0.122. The van der Waals surface area contributed by atoms with E-state index in [1.807, 2.05) is 22.7 Å². The van der Waals surface area contributed by atoms with Crippen molar-refractivity contribution in [1.29, 1.82) is 0 Å². The Balaban J connectivity index is 0.656. The van der Waals surface area contributed by atoms with Crippen molar-refractivity contribution in [2.75, 3.05) is 14.7 Å². The first kappa shape index (κ1) is 62.2. The van der Waals surface area contributed by atoms with Crippen molar-refractivity contribution >= 4 is 216 Å². The fourth-order valence-electron chi connectivity index (χ4n) is 16.3. The van der Waals surface area contributed by atoms with Gasteiger partial charge in [0.05, 0.1) is 11.2 Å². The number of fused-ring (bicyclic) bond motifs is 15. The van der Waals surface area contributed by atoms with Gasteiger partial charge < -0.3 is 23.7 Å². The third kappa shape index (κ3) is 10.6. The van der Waals surface area contributed by atoms with E-state index in [4.69, 9.17) is 4.42 Å². The highest BCUT2D eigenvalue weighted by molar-refractivity contribution is 9.11.